The van der Waals surface area contributed by atoms with Crippen LogP contribution in [0.4, 0.5) is 5.69 Å². The SMILES string of the molecule is CCOc1ccc2nc(Sc3ccc(/C=c4\sc5n(c4=O)[C@@H](c4ccc(Cl)cc4)C(C(=O)Nc4ccccc4)=C(C)N=5)o3)sc2c1. The lowest BCUT2D eigenvalue weighted by Gasteiger charge is -2.25. The summed E-state index contributed by atoms with van der Waals surface area (Å²) < 4.78 is 15.6. The first-order valence-corrected chi connectivity index (χ1v) is 17.1. The van der Waals surface area contributed by atoms with E-state index in [1.54, 1.807) is 41.0 Å². The van der Waals surface area contributed by atoms with Crippen molar-refractivity contribution in [1.82, 2.24) is 9.55 Å². The van der Waals surface area contributed by atoms with Crippen molar-refractivity contribution in [3.63, 3.8) is 0 Å². The first-order valence-electron chi connectivity index (χ1n) is 14.3. The van der Waals surface area contributed by atoms with Gasteiger partial charge < -0.3 is 14.5 Å². The standard InChI is InChI=1S/C34H25ClN4O4S3/c1-3-42-23-13-15-25-26(17-23)45-34(38-25)46-28-16-14-24(43-28)18-27-32(41)39-30(20-9-11-21(35)12-10-20)29(19(2)36-33(39)44-27)31(40)37-22-7-5-4-6-8-22/h4-18,30H,3H2,1-2H3,(H,37,40)/b27-18-/t30-/m0/s1. The van der Waals surface area contributed by atoms with Gasteiger partial charge >= 0.3 is 0 Å². The molecule has 0 saturated heterocycles. The van der Waals surface area contributed by atoms with Gasteiger partial charge in [0.1, 0.15) is 11.5 Å². The van der Waals surface area contributed by atoms with Crippen LogP contribution in [0.2, 0.25) is 5.02 Å². The molecule has 0 radical (unpaired) electrons. The number of aromatic nitrogens is 2. The molecule has 7 rings (SSSR count). The van der Waals surface area contributed by atoms with Crippen molar-refractivity contribution >= 4 is 73.9 Å². The number of hydrogen-bond acceptors (Lipinski definition) is 9. The predicted molar refractivity (Wildman–Crippen MR) is 184 cm³/mol. The van der Waals surface area contributed by atoms with Gasteiger partial charge in [-0.05, 0) is 85.8 Å². The minimum absolute atomic E-state index is 0.275. The van der Waals surface area contributed by atoms with Crippen LogP contribution in [-0.2, 0) is 4.79 Å². The van der Waals surface area contributed by atoms with Gasteiger partial charge in [-0.2, -0.15) is 0 Å². The Labute approximate surface area is 280 Å². The fourth-order valence-electron chi connectivity index (χ4n) is 5.16. The Kier molecular flexibility index (Phi) is 8.39. The van der Waals surface area contributed by atoms with Gasteiger partial charge in [-0.15, -0.1) is 11.3 Å². The maximum Gasteiger partial charge on any atom is 0.271 e. The highest BCUT2D eigenvalue weighted by Gasteiger charge is 2.32. The lowest BCUT2D eigenvalue weighted by atomic mass is 9.95. The normalized spacial score (nSPS) is 14.8. The summed E-state index contributed by atoms with van der Waals surface area (Å²) in [5.74, 6) is 1.00. The zero-order valence-corrected chi connectivity index (χ0v) is 27.7. The molecule has 6 aromatic rings. The van der Waals surface area contributed by atoms with Crippen molar-refractivity contribution < 1.29 is 13.9 Å². The van der Waals surface area contributed by atoms with Crippen LogP contribution < -0.4 is 24.9 Å². The van der Waals surface area contributed by atoms with E-state index in [0.717, 1.165) is 25.9 Å². The van der Waals surface area contributed by atoms with Crippen molar-refractivity contribution in [2.45, 2.75) is 29.3 Å². The molecule has 1 aliphatic heterocycles. The molecule has 0 spiro atoms. The Morgan fingerprint density at radius 1 is 1.09 bits per heavy atom. The second kappa shape index (κ2) is 12.8. The van der Waals surface area contributed by atoms with E-state index in [4.69, 9.17) is 30.7 Å². The van der Waals surface area contributed by atoms with E-state index in [1.165, 1.54) is 23.1 Å². The number of para-hydroxylation sites is 1. The van der Waals surface area contributed by atoms with Crippen LogP contribution in [0.1, 0.15) is 31.2 Å². The molecule has 0 saturated carbocycles. The average molecular weight is 685 g/mol. The number of carbonyl (C=O) groups is 1. The number of hydrogen-bond donors (Lipinski definition) is 1. The summed E-state index contributed by atoms with van der Waals surface area (Å²) in [7, 11) is 0. The molecule has 46 heavy (non-hydrogen) atoms. The third kappa shape index (κ3) is 6.06. The summed E-state index contributed by atoms with van der Waals surface area (Å²) in [5, 5.41) is 4.17. The highest BCUT2D eigenvalue weighted by atomic mass is 35.5. The molecule has 0 aliphatic carbocycles. The fourth-order valence-corrected chi connectivity index (χ4v) is 8.31. The molecule has 1 atom stereocenters. The molecule has 230 valence electrons. The lowest BCUT2D eigenvalue weighted by molar-refractivity contribution is -0.113. The van der Waals surface area contributed by atoms with Gasteiger partial charge in [0.25, 0.3) is 11.5 Å². The quantitative estimate of drug-likeness (QED) is 0.181. The number of anilines is 1. The molecule has 3 aromatic heterocycles. The smallest absolute Gasteiger partial charge is 0.271 e. The number of ether oxygens (including phenoxy) is 1. The van der Waals surface area contributed by atoms with Crippen LogP contribution in [0.25, 0.3) is 16.3 Å². The Bertz CT molecular complexity index is 2300. The summed E-state index contributed by atoms with van der Waals surface area (Å²) >= 11 is 10.4. The highest BCUT2D eigenvalue weighted by Crippen LogP contribution is 2.37. The van der Waals surface area contributed by atoms with Crippen LogP contribution >= 0.6 is 46.0 Å². The zero-order valence-electron chi connectivity index (χ0n) is 24.5. The molecule has 1 N–H and O–H groups in total. The van der Waals surface area contributed by atoms with Crippen LogP contribution in [0.15, 0.2) is 120 Å². The van der Waals surface area contributed by atoms with Crippen LogP contribution in [0.5, 0.6) is 5.75 Å². The Morgan fingerprint density at radius 2 is 1.89 bits per heavy atom. The first-order chi connectivity index (χ1) is 22.4. The average Bonchev–Trinajstić information content (AvgIpc) is 3.74. The van der Waals surface area contributed by atoms with E-state index in [2.05, 4.69) is 5.32 Å². The van der Waals surface area contributed by atoms with Crippen LogP contribution in [-0.4, -0.2) is 22.1 Å². The van der Waals surface area contributed by atoms with E-state index in [1.807, 2.05) is 79.7 Å². The largest absolute Gasteiger partial charge is 0.494 e. The number of benzene rings is 3. The summed E-state index contributed by atoms with van der Waals surface area (Å²) in [6.45, 7) is 4.35. The van der Waals surface area contributed by atoms with Crippen molar-refractivity contribution in [3.05, 3.63) is 132 Å². The minimum atomic E-state index is -0.704. The molecular formula is C34H25ClN4O4S3. The minimum Gasteiger partial charge on any atom is -0.494 e. The van der Waals surface area contributed by atoms with Gasteiger partial charge in [-0.1, -0.05) is 53.3 Å². The Morgan fingerprint density at radius 3 is 2.67 bits per heavy atom. The molecule has 4 heterocycles. The molecular weight excluding hydrogens is 660 g/mol. The molecule has 0 unspecified atom stereocenters. The number of nitrogens with one attached hydrogen (secondary N) is 1. The third-order valence-corrected chi connectivity index (χ3v) is 10.4. The number of carbonyl (C=O) groups excluding carboxylic acids is 1. The number of furan rings is 1. The van der Waals surface area contributed by atoms with E-state index in [9.17, 15) is 9.59 Å². The van der Waals surface area contributed by atoms with Gasteiger partial charge in [0.2, 0.25) is 0 Å². The van der Waals surface area contributed by atoms with Crippen molar-refractivity contribution in [2.24, 2.45) is 4.99 Å². The van der Waals surface area contributed by atoms with E-state index in [-0.39, 0.29) is 11.5 Å². The van der Waals surface area contributed by atoms with Crippen LogP contribution in [0, 0.1) is 0 Å². The molecule has 0 bridgehead atoms. The van der Waals surface area contributed by atoms with Crippen molar-refractivity contribution in [1.29, 1.82) is 0 Å². The summed E-state index contributed by atoms with van der Waals surface area (Å²) in [4.78, 5) is 37.6. The number of fused-ring (bicyclic) bond motifs is 2. The lowest BCUT2D eigenvalue weighted by Crippen LogP contribution is -2.40. The van der Waals surface area contributed by atoms with Gasteiger partial charge in [-0.25, -0.2) is 9.98 Å². The summed E-state index contributed by atoms with van der Waals surface area (Å²) in [6, 6.07) is 25.2. The monoisotopic (exact) mass is 684 g/mol. The fraction of sp³-hybridized carbons (Fsp3) is 0.118. The van der Waals surface area contributed by atoms with Gasteiger partial charge in [0.15, 0.2) is 14.2 Å². The Hall–Kier alpha value is -4.42. The number of allylic oxidation sites excluding steroid dienone is 1. The third-order valence-electron chi connectivity index (χ3n) is 7.20. The number of rotatable bonds is 8. The maximum atomic E-state index is 14.0. The zero-order chi connectivity index (χ0) is 31.8. The van der Waals surface area contributed by atoms with Crippen molar-refractivity contribution in [3.8, 4) is 5.75 Å². The maximum absolute atomic E-state index is 14.0. The number of nitrogens with zero attached hydrogens (tertiary/aromatic N) is 3. The number of thiazole rings is 2. The molecule has 1 amide bonds. The number of amides is 1. The summed E-state index contributed by atoms with van der Waals surface area (Å²) in [5.41, 5.74) is 2.92. The van der Waals surface area contributed by atoms with Crippen LogP contribution in [0.3, 0.4) is 0 Å². The van der Waals surface area contributed by atoms with E-state index in [0.29, 0.717) is 48.8 Å². The van der Waals surface area contributed by atoms with Crippen molar-refractivity contribution in [2.75, 3.05) is 11.9 Å². The molecule has 12 heteroatoms. The van der Waals surface area contributed by atoms with E-state index < -0.39 is 6.04 Å². The highest BCUT2D eigenvalue weighted by molar-refractivity contribution is 8.01. The number of halogens is 1. The molecule has 3 aromatic carbocycles. The topological polar surface area (TPSA) is 98.7 Å². The molecule has 1 aliphatic rings. The second-order valence-electron chi connectivity index (χ2n) is 10.3. The predicted octanol–water partition coefficient (Wildman–Crippen LogP) is 7.28. The van der Waals surface area contributed by atoms with Gasteiger partial charge in [0, 0.05) is 16.8 Å². The Balaban J connectivity index is 1.22. The van der Waals surface area contributed by atoms with Gasteiger partial charge in [0.05, 0.1) is 38.7 Å². The molecule has 8 nitrogen and oxygen atoms in total. The first kappa shape index (κ1) is 30.2. The van der Waals surface area contributed by atoms with E-state index >= 15 is 0 Å². The molecule has 0 fully saturated rings. The van der Waals surface area contributed by atoms with Gasteiger partial charge in [-0.3, -0.25) is 14.2 Å². The summed E-state index contributed by atoms with van der Waals surface area (Å²) in [6.07, 6.45) is 1.71. The second-order valence-corrected chi connectivity index (χ2v) is 14.0.